The van der Waals surface area contributed by atoms with Gasteiger partial charge in [0.05, 0.1) is 13.5 Å². The second kappa shape index (κ2) is 7.33. The number of carbonyl (C=O) groups is 1. The van der Waals surface area contributed by atoms with Crippen LogP contribution in [-0.4, -0.2) is 13.1 Å². The SMILES string of the molecule is COC(=O)Cc1ccc(CN[C@H](C)c2cccc(F)c2)s1. The van der Waals surface area contributed by atoms with Crippen molar-refractivity contribution >= 4 is 17.3 Å². The van der Waals surface area contributed by atoms with E-state index in [9.17, 15) is 9.18 Å². The third-order valence-corrected chi connectivity index (χ3v) is 4.28. The van der Waals surface area contributed by atoms with Crippen molar-refractivity contribution < 1.29 is 13.9 Å². The summed E-state index contributed by atoms with van der Waals surface area (Å²) in [5.74, 6) is -0.456. The van der Waals surface area contributed by atoms with Gasteiger partial charge in [-0.3, -0.25) is 4.79 Å². The van der Waals surface area contributed by atoms with Gasteiger partial charge < -0.3 is 10.1 Å². The van der Waals surface area contributed by atoms with E-state index in [1.807, 2.05) is 25.1 Å². The van der Waals surface area contributed by atoms with Crippen LogP contribution < -0.4 is 5.32 Å². The molecule has 0 unspecified atom stereocenters. The molecule has 2 aromatic rings. The van der Waals surface area contributed by atoms with Crippen LogP contribution in [0.4, 0.5) is 4.39 Å². The first-order valence-electron chi connectivity index (χ1n) is 6.71. The summed E-state index contributed by atoms with van der Waals surface area (Å²) in [6, 6.07) is 10.6. The summed E-state index contributed by atoms with van der Waals surface area (Å²) in [5, 5.41) is 3.35. The molecule has 0 spiro atoms. The summed E-state index contributed by atoms with van der Waals surface area (Å²) in [7, 11) is 1.39. The molecule has 0 saturated carbocycles. The zero-order chi connectivity index (χ0) is 15.2. The Balaban J connectivity index is 1.89. The summed E-state index contributed by atoms with van der Waals surface area (Å²) < 4.78 is 17.8. The van der Waals surface area contributed by atoms with Crippen LogP contribution in [0.2, 0.25) is 0 Å². The lowest BCUT2D eigenvalue weighted by Gasteiger charge is -2.13. The van der Waals surface area contributed by atoms with Gasteiger partial charge in [-0.05, 0) is 36.8 Å². The Morgan fingerprint density at radius 1 is 1.33 bits per heavy atom. The van der Waals surface area contributed by atoms with Crippen LogP contribution in [0.3, 0.4) is 0 Å². The maximum absolute atomic E-state index is 13.2. The summed E-state index contributed by atoms with van der Waals surface area (Å²) in [4.78, 5) is 13.3. The maximum Gasteiger partial charge on any atom is 0.310 e. The highest BCUT2D eigenvalue weighted by atomic mass is 32.1. The highest BCUT2D eigenvalue weighted by Crippen LogP contribution is 2.19. The molecule has 1 aromatic heterocycles. The normalized spacial score (nSPS) is 12.1. The highest BCUT2D eigenvalue weighted by Gasteiger charge is 2.09. The largest absolute Gasteiger partial charge is 0.469 e. The molecule has 5 heteroatoms. The Kier molecular flexibility index (Phi) is 5.47. The molecule has 0 saturated heterocycles. The predicted octanol–water partition coefficient (Wildman–Crippen LogP) is 3.45. The fourth-order valence-electron chi connectivity index (χ4n) is 1.97. The van der Waals surface area contributed by atoms with Crippen LogP contribution in [-0.2, 0) is 22.5 Å². The zero-order valence-electron chi connectivity index (χ0n) is 12.1. The molecule has 1 N–H and O–H groups in total. The van der Waals surface area contributed by atoms with Crippen LogP contribution >= 0.6 is 11.3 Å². The van der Waals surface area contributed by atoms with Crippen molar-refractivity contribution in [3.05, 3.63) is 57.5 Å². The Bertz CT molecular complexity index is 612. The first kappa shape index (κ1) is 15.7. The molecule has 1 aromatic carbocycles. The summed E-state index contributed by atoms with van der Waals surface area (Å²) in [6.07, 6.45) is 0.306. The summed E-state index contributed by atoms with van der Waals surface area (Å²) >= 11 is 1.58. The third-order valence-electron chi connectivity index (χ3n) is 3.19. The lowest BCUT2D eigenvalue weighted by molar-refractivity contribution is -0.139. The van der Waals surface area contributed by atoms with E-state index in [-0.39, 0.29) is 17.8 Å². The van der Waals surface area contributed by atoms with Gasteiger partial charge in [0.1, 0.15) is 5.82 Å². The number of hydrogen-bond acceptors (Lipinski definition) is 4. The quantitative estimate of drug-likeness (QED) is 0.831. The van der Waals surface area contributed by atoms with Gasteiger partial charge in [-0.25, -0.2) is 4.39 Å². The number of carbonyl (C=O) groups excluding carboxylic acids is 1. The zero-order valence-corrected chi connectivity index (χ0v) is 12.9. The average molecular weight is 307 g/mol. The van der Waals surface area contributed by atoms with Crippen molar-refractivity contribution in [2.45, 2.75) is 25.9 Å². The molecule has 1 atom stereocenters. The van der Waals surface area contributed by atoms with Crippen molar-refractivity contribution in [1.82, 2.24) is 5.32 Å². The van der Waals surface area contributed by atoms with Gasteiger partial charge in [0.25, 0.3) is 0 Å². The molecule has 21 heavy (non-hydrogen) atoms. The number of ether oxygens (including phenoxy) is 1. The molecule has 0 fully saturated rings. The molecule has 1 heterocycles. The minimum absolute atomic E-state index is 0.0619. The van der Waals surface area contributed by atoms with Crippen LogP contribution in [0.15, 0.2) is 36.4 Å². The summed E-state index contributed by atoms with van der Waals surface area (Å²) in [6.45, 7) is 2.68. The van der Waals surface area contributed by atoms with E-state index in [2.05, 4.69) is 10.1 Å². The van der Waals surface area contributed by atoms with Crippen molar-refractivity contribution in [3.63, 3.8) is 0 Å². The Labute approximate surface area is 127 Å². The number of hydrogen-bond donors (Lipinski definition) is 1. The first-order chi connectivity index (χ1) is 10.1. The van der Waals surface area contributed by atoms with E-state index in [0.29, 0.717) is 13.0 Å². The molecular formula is C16H18FNO2S. The van der Waals surface area contributed by atoms with Crippen LogP contribution in [0.25, 0.3) is 0 Å². The molecule has 3 nitrogen and oxygen atoms in total. The Morgan fingerprint density at radius 2 is 2.10 bits per heavy atom. The first-order valence-corrected chi connectivity index (χ1v) is 7.53. The fraction of sp³-hybridized carbons (Fsp3) is 0.312. The molecule has 112 valence electrons. The molecule has 0 aliphatic rings. The number of benzene rings is 1. The lowest BCUT2D eigenvalue weighted by Crippen LogP contribution is -2.17. The van der Waals surface area contributed by atoms with E-state index < -0.39 is 0 Å². The Morgan fingerprint density at radius 3 is 2.81 bits per heavy atom. The molecule has 2 rings (SSSR count). The molecule has 0 bridgehead atoms. The monoisotopic (exact) mass is 307 g/mol. The van der Waals surface area contributed by atoms with Crippen molar-refractivity contribution in [2.75, 3.05) is 7.11 Å². The minimum Gasteiger partial charge on any atom is -0.469 e. The average Bonchev–Trinajstić information content (AvgIpc) is 2.92. The number of nitrogens with one attached hydrogen (secondary N) is 1. The third kappa shape index (κ3) is 4.65. The fourth-order valence-corrected chi connectivity index (χ4v) is 2.93. The van der Waals surface area contributed by atoms with Gasteiger partial charge in [0.2, 0.25) is 0 Å². The lowest BCUT2D eigenvalue weighted by atomic mass is 10.1. The number of methoxy groups -OCH3 is 1. The molecule has 0 radical (unpaired) electrons. The van der Waals surface area contributed by atoms with Gasteiger partial charge in [-0.15, -0.1) is 11.3 Å². The van der Waals surface area contributed by atoms with Crippen LogP contribution in [0.1, 0.15) is 28.3 Å². The van der Waals surface area contributed by atoms with Gasteiger partial charge >= 0.3 is 5.97 Å². The van der Waals surface area contributed by atoms with E-state index in [4.69, 9.17) is 0 Å². The van der Waals surface area contributed by atoms with Gasteiger partial charge in [-0.2, -0.15) is 0 Å². The van der Waals surface area contributed by atoms with Crippen LogP contribution in [0.5, 0.6) is 0 Å². The number of halogens is 1. The molecule has 0 amide bonds. The van der Waals surface area contributed by atoms with E-state index >= 15 is 0 Å². The molecular weight excluding hydrogens is 289 g/mol. The van der Waals surface area contributed by atoms with Crippen molar-refractivity contribution in [1.29, 1.82) is 0 Å². The van der Waals surface area contributed by atoms with Gasteiger partial charge in [0.15, 0.2) is 0 Å². The van der Waals surface area contributed by atoms with E-state index in [1.165, 1.54) is 19.2 Å². The standard InChI is InChI=1S/C16H18FNO2S/c1-11(12-4-3-5-13(17)8-12)18-10-15-7-6-14(21-15)9-16(19)20-2/h3-8,11,18H,9-10H2,1-2H3/t11-/m1/s1. The van der Waals surface area contributed by atoms with Crippen molar-refractivity contribution in [2.24, 2.45) is 0 Å². The second-order valence-electron chi connectivity index (χ2n) is 4.78. The number of thiophene rings is 1. The molecule has 0 aliphatic heterocycles. The minimum atomic E-state index is -0.232. The smallest absolute Gasteiger partial charge is 0.310 e. The van der Waals surface area contributed by atoms with E-state index in [1.54, 1.807) is 17.4 Å². The number of rotatable bonds is 6. The second-order valence-corrected chi connectivity index (χ2v) is 6.03. The number of esters is 1. The van der Waals surface area contributed by atoms with Crippen molar-refractivity contribution in [3.8, 4) is 0 Å². The highest BCUT2D eigenvalue weighted by molar-refractivity contribution is 7.12. The Hall–Kier alpha value is -1.72. The summed E-state index contributed by atoms with van der Waals surface area (Å²) in [5.41, 5.74) is 0.918. The predicted molar refractivity (Wildman–Crippen MR) is 81.7 cm³/mol. The maximum atomic E-state index is 13.2. The van der Waals surface area contributed by atoms with E-state index in [0.717, 1.165) is 15.3 Å². The van der Waals surface area contributed by atoms with Gasteiger partial charge in [0, 0.05) is 22.3 Å². The molecule has 0 aliphatic carbocycles. The topological polar surface area (TPSA) is 38.3 Å². The van der Waals surface area contributed by atoms with Gasteiger partial charge in [-0.1, -0.05) is 12.1 Å². The van der Waals surface area contributed by atoms with Crippen LogP contribution in [0, 0.1) is 5.82 Å².